The van der Waals surface area contributed by atoms with Crippen LogP contribution in [0.3, 0.4) is 0 Å². The van der Waals surface area contributed by atoms with Crippen molar-refractivity contribution in [3.05, 3.63) is 35.4 Å². The highest BCUT2D eigenvalue weighted by molar-refractivity contribution is 5.80. The summed E-state index contributed by atoms with van der Waals surface area (Å²) in [5.74, 6) is 0.731. The zero-order valence-electron chi connectivity index (χ0n) is 12.5. The van der Waals surface area contributed by atoms with E-state index in [9.17, 15) is 9.59 Å². The lowest BCUT2D eigenvalue weighted by molar-refractivity contribution is -0.130. The summed E-state index contributed by atoms with van der Waals surface area (Å²) < 4.78 is 0. The van der Waals surface area contributed by atoms with Gasteiger partial charge in [0.15, 0.2) is 0 Å². The van der Waals surface area contributed by atoms with Crippen LogP contribution in [-0.4, -0.2) is 35.8 Å². The van der Waals surface area contributed by atoms with Crippen molar-refractivity contribution in [3.63, 3.8) is 0 Å². The smallest absolute Gasteiger partial charge is 0.227 e. The number of nitrogens with zero attached hydrogens (tertiary/aromatic N) is 1. The molecule has 2 saturated heterocycles. The Balaban J connectivity index is 1.61. The van der Waals surface area contributed by atoms with Crippen LogP contribution in [0.2, 0.25) is 0 Å². The molecule has 2 aliphatic rings. The lowest BCUT2D eigenvalue weighted by atomic mass is 9.99. The van der Waals surface area contributed by atoms with Gasteiger partial charge in [-0.2, -0.15) is 0 Å². The van der Waals surface area contributed by atoms with Crippen molar-refractivity contribution < 1.29 is 9.59 Å². The molecule has 21 heavy (non-hydrogen) atoms. The Bertz CT molecular complexity index is 538. The van der Waals surface area contributed by atoms with Gasteiger partial charge in [0.25, 0.3) is 0 Å². The molecule has 2 amide bonds. The predicted octanol–water partition coefficient (Wildman–Crippen LogP) is 1.66. The van der Waals surface area contributed by atoms with Crippen molar-refractivity contribution in [3.8, 4) is 0 Å². The summed E-state index contributed by atoms with van der Waals surface area (Å²) in [5.41, 5.74) is 2.26. The number of carbonyl (C=O) groups is 2. The monoisotopic (exact) mass is 286 g/mol. The molecule has 2 aliphatic heterocycles. The Morgan fingerprint density at radius 2 is 2.05 bits per heavy atom. The molecule has 1 aromatic carbocycles. The first kappa shape index (κ1) is 14.1. The number of carbonyl (C=O) groups excluding carboxylic acids is 2. The fourth-order valence-electron chi connectivity index (χ4n) is 3.33. The van der Waals surface area contributed by atoms with E-state index in [0.29, 0.717) is 25.3 Å². The Labute approximate surface area is 125 Å². The molecule has 0 spiro atoms. The number of fused-ring (bicyclic) bond motifs is 1. The summed E-state index contributed by atoms with van der Waals surface area (Å²) in [6.45, 7) is 3.50. The molecule has 0 bridgehead atoms. The van der Waals surface area contributed by atoms with Crippen LogP contribution >= 0.6 is 0 Å². The summed E-state index contributed by atoms with van der Waals surface area (Å²) in [6, 6.07) is 8.27. The van der Waals surface area contributed by atoms with Crippen LogP contribution in [-0.2, 0) is 16.0 Å². The number of aryl methyl sites for hydroxylation is 1. The van der Waals surface area contributed by atoms with E-state index in [1.54, 1.807) is 0 Å². The second-order valence-corrected chi connectivity index (χ2v) is 6.29. The molecule has 2 fully saturated rings. The molecule has 0 aromatic heterocycles. The molecule has 4 nitrogen and oxygen atoms in total. The van der Waals surface area contributed by atoms with Gasteiger partial charge in [-0.15, -0.1) is 0 Å². The maximum Gasteiger partial charge on any atom is 0.227 e. The Morgan fingerprint density at radius 3 is 2.81 bits per heavy atom. The minimum absolute atomic E-state index is 0.135. The second kappa shape index (κ2) is 5.88. The van der Waals surface area contributed by atoms with Gasteiger partial charge >= 0.3 is 0 Å². The van der Waals surface area contributed by atoms with Crippen LogP contribution in [0.25, 0.3) is 0 Å². The Morgan fingerprint density at radius 1 is 1.29 bits per heavy atom. The Hall–Kier alpha value is -1.84. The van der Waals surface area contributed by atoms with Crippen LogP contribution in [0.15, 0.2) is 24.3 Å². The molecular weight excluding hydrogens is 264 g/mol. The third kappa shape index (κ3) is 3.26. The number of amides is 2. The maximum atomic E-state index is 12.4. The highest BCUT2D eigenvalue weighted by Crippen LogP contribution is 2.25. The number of hydrogen-bond acceptors (Lipinski definition) is 2. The molecule has 0 radical (unpaired) electrons. The first-order valence-electron chi connectivity index (χ1n) is 7.74. The molecular formula is C17H22N2O2. The molecule has 112 valence electrons. The van der Waals surface area contributed by atoms with Gasteiger partial charge in [0.2, 0.25) is 11.8 Å². The quantitative estimate of drug-likeness (QED) is 0.899. The van der Waals surface area contributed by atoms with Gasteiger partial charge < -0.3 is 10.2 Å². The molecule has 1 aromatic rings. The Kier molecular flexibility index (Phi) is 3.95. The van der Waals surface area contributed by atoms with Gasteiger partial charge in [-0.3, -0.25) is 9.59 Å². The largest absolute Gasteiger partial charge is 0.351 e. The summed E-state index contributed by atoms with van der Waals surface area (Å²) in [7, 11) is 0. The van der Waals surface area contributed by atoms with Crippen molar-refractivity contribution in [2.75, 3.05) is 13.1 Å². The number of nitrogens with one attached hydrogen (secondary N) is 1. The van der Waals surface area contributed by atoms with Crippen LogP contribution in [0.5, 0.6) is 0 Å². The van der Waals surface area contributed by atoms with E-state index in [2.05, 4.69) is 5.32 Å². The van der Waals surface area contributed by atoms with Crippen LogP contribution in [0.4, 0.5) is 0 Å². The number of rotatable bonds is 2. The molecule has 4 heteroatoms. The SMILES string of the molecule is Cc1ccc(CC(=O)N2CC3CCCC(=O)NC3C2)cc1. The topological polar surface area (TPSA) is 49.4 Å². The van der Waals surface area contributed by atoms with Crippen LogP contribution < -0.4 is 5.32 Å². The zero-order valence-corrected chi connectivity index (χ0v) is 12.5. The van der Waals surface area contributed by atoms with E-state index >= 15 is 0 Å². The van der Waals surface area contributed by atoms with Crippen molar-refractivity contribution in [2.24, 2.45) is 5.92 Å². The first-order valence-corrected chi connectivity index (χ1v) is 7.74. The summed E-state index contributed by atoms with van der Waals surface area (Å²) in [5, 5.41) is 3.06. The maximum absolute atomic E-state index is 12.4. The summed E-state index contributed by atoms with van der Waals surface area (Å²) >= 11 is 0. The van der Waals surface area contributed by atoms with E-state index in [-0.39, 0.29) is 17.9 Å². The molecule has 1 N–H and O–H groups in total. The fraction of sp³-hybridized carbons (Fsp3) is 0.529. The van der Waals surface area contributed by atoms with Crippen molar-refractivity contribution in [1.82, 2.24) is 10.2 Å². The van der Waals surface area contributed by atoms with Crippen LogP contribution in [0.1, 0.15) is 30.4 Å². The predicted molar refractivity (Wildman–Crippen MR) is 80.7 cm³/mol. The lowest BCUT2D eigenvalue weighted by Crippen LogP contribution is -2.39. The van der Waals surface area contributed by atoms with E-state index in [1.165, 1.54) is 5.56 Å². The molecule has 2 heterocycles. The van der Waals surface area contributed by atoms with Gasteiger partial charge in [-0.05, 0) is 31.2 Å². The second-order valence-electron chi connectivity index (χ2n) is 6.29. The minimum Gasteiger partial charge on any atom is -0.351 e. The average Bonchev–Trinajstić information content (AvgIpc) is 2.76. The zero-order chi connectivity index (χ0) is 14.8. The molecule has 0 saturated carbocycles. The van der Waals surface area contributed by atoms with Crippen molar-refractivity contribution in [1.29, 1.82) is 0 Å². The van der Waals surface area contributed by atoms with Crippen LogP contribution in [0, 0.1) is 12.8 Å². The molecule has 2 atom stereocenters. The molecule has 2 unspecified atom stereocenters. The first-order chi connectivity index (χ1) is 10.1. The minimum atomic E-state index is 0.135. The molecule has 0 aliphatic carbocycles. The molecule has 3 rings (SSSR count). The van der Waals surface area contributed by atoms with Gasteiger partial charge in [-0.25, -0.2) is 0 Å². The van der Waals surface area contributed by atoms with Crippen molar-refractivity contribution >= 4 is 11.8 Å². The van der Waals surface area contributed by atoms with Gasteiger partial charge in [-0.1, -0.05) is 29.8 Å². The van der Waals surface area contributed by atoms with E-state index in [4.69, 9.17) is 0 Å². The third-order valence-corrected chi connectivity index (χ3v) is 4.59. The normalized spacial score (nSPS) is 25.2. The van der Waals surface area contributed by atoms with Gasteiger partial charge in [0, 0.05) is 19.5 Å². The van der Waals surface area contributed by atoms with E-state index < -0.39 is 0 Å². The lowest BCUT2D eigenvalue weighted by Gasteiger charge is -2.17. The number of likely N-dealkylation sites (tertiary alicyclic amines) is 1. The van der Waals surface area contributed by atoms with E-state index in [0.717, 1.165) is 24.9 Å². The summed E-state index contributed by atoms with van der Waals surface area (Å²) in [6.07, 6.45) is 3.06. The van der Waals surface area contributed by atoms with Crippen molar-refractivity contribution in [2.45, 2.75) is 38.6 Å². The number of benzene rings is 1. The standard InChI is InChI=1S/C17H22N2O2/c1-12-5-7-13(8-6-12)9-17(21)19-10-14-3-2-4-16(20)18-15(14)11-19/h5-8,14-15H,2-4,9-11H2,1H3,(H,18,20). The average molecular weight is 286 g/mol. The van der Waals surface area contributed by atoms with E-state index in [1.807, 2.05) is 36.1 Å². The highest BCUT2D eigenvalue weighted by Gasteiger charge is 2.37. The third-order valence-electron chi connectivity index (χ3n) is 4.59. The van der Waals surface area contributed by atoms with Gasteiger partial charge in [0.1, 0.15) is 0 Å². The summed E-state index contributed by atoms with van der Waals surface area (Å²) in [4.78, 5) is 26.0. The van der Waals surface area contributed by atoms with Gasteiger partial charge in [0.05, 0.1) is 12.5 Å². The number of hydrogen-bond donors (Lipinski definition) is 1. The fourth-order valence-corrected chi connectivity index (χ4v) is 3.33. The highest BCUT2D eigenvalue weighted by atomic mass is 16.2.